The smallest absolute Gasteiger partial charge is 0.0649 e. The summed E-state index contributed by atoms with van der Waals surface area (Å²) in [5.74, 6) is 0. The van der Waals surface area contributed by atoms with Gasteiger partial charge in [-0.15, -0.1) is 0 Å². The Morgan fingerprint density at radius 2 is 2.17 bits per heavy atom. The Balaban J connectivity index is 2.37. The van der Waals surface area contributed by atoms with Crippen LogP contribution in [0.25, 0.3) is 0 Å². The molecule has 1 rings (SSSR count). The largest absolute Gasteiger partial charge is 0.313 e. The summed E-state index contributed by atoms with van der Waals surface area (Å²) in [4.78, 5) is 2.38. The minimum Gasteiger partial charge on any atom is -0.313 e. The summed E-state index contributed by atoms with van der Waals surface area (Å²) in [6.45, 7) is 7.76. The van der Waals surface area contributed by atoms with Crippen LogP contribution in [-0.4, -0.2) is 43.2 Å². The Kier molecular flexibility index (Phi) is 3.75. The van der Waals surface area contributed by atoms with Crippen LogP contribution in [0.1, 0.15) is 13.8 Å². The zero-order chi connectivity index (χ0) is 9.19. The molecule has 0 aromatic carbocycles. The highest BCUT2D eigenvalue weighted by Gasteiger charge is 2.37. The molecule has 72 valence electrons. The van der Waals surface area contributed by atoms with Crippen molar-refractivity contribution in [2.24, 2.45) is 0 Å². The number of halogens is 1. The maximum absolute atomic E-state index is 3.37. The minimum atomic E-state index is 0.319. The quantitative estimate of drug-likeness (QED) is 0.585. The van der Waals surface area contributed by atoms with E-state index in [9.17, 15) is 0 Å². The van der Waals surface area contributed by atoms with Gasteiger partial charge in [0.1, 0.15) is 0 Å². The summed E-state index contributed by atoms with van der Waals surface area (Å²) in [6.07, 6.45) is 0. The van der Waals surface area contributed by atoms with Gasteiger partial charge in [0.2, 0.25) is 0 Å². The molecule has 12 heavy (non-hydrogen) atoms. The van der Waals surface area contributed by atoms with Crippen LogP contribution in [0.2, 0.25) is 0 Å². The van der Waals surface area contributed by atoms with E-state index in [1.54, 1.807) is 0 Å². The number of likely N-dealkylation sites (N-methyl/N-ethyl adjacent to an activating group) is 1. The van der Waals surface area contributed by atoms with Gasteiger partial charge in [-0.3, -0.25) is 3.53 Å². The Bertz CT molecular complexity index is 140. The molecule has 2 N–H and O–H groups in total. The van der Waals surface area contributed by atoms with Crippen molar-refractivity contribution in [3.8, 4) is 0 Å². The van der Waals surface area contributed by atoms with E-state index in [1.807, 2.05) is 0 Å². The van der Waals surface area contributed by atoms with Crippen molar-refractivity contribution in [1.82, 2.24) is 13.7 Å². The molecule has 0 saturated carbocycles. The Labute approximate surface area is 88.8 Å². The fourth-order valence-electron chi connectivity index (χ4n) is 1.30. The van der Waals surface area contributed by atoms with Crippen LogP contribution in [-0.2, 0) is 0 Å². The molecule has 0 aromatic rings. The third-order valence-corrected chi connectivity index (χ3v) is 3.71. The molecular weight excluding hydrogens is 265 g/mol. The van der Waals surface area contributed by atoms with Gasteiger partial charge in [0, 0.05) is 48.5 Å². The summed E-state index contributed by atoms with van der Waals surface area (Å²) < 4.78 is 3.37. The lowest BCUT2D eigenvalue weighted by Gasteiger charge is -2.44. The molecule has 0 unspecified atom stereocenters. The van der Waals surface area contributed by atoms with Crippen molar-refractivity contribution >= 4 is 22.9 Å². The highest BCUT2D eigenvalue weighted by atomic mass is 127. The molecule has 0 amide bonds. The first-order valence-electron chi connectivity index (χ1n) is 4.38. The van der Waals surface area contributed by atoms with Crippen molar-refractivity contribution in [2.75, 3.05) is 26.7 Å². The summed E-state index contributed by atoms with van der Waals surface area (Å²) in [5.41, 5.74) is 0.319. The zero-order valence-electron chi connectivity index (χ0n) is 8.02. The first-order chi connectivity index (χ1) is 5.59. The number of nitrogens with zero attached hydrogens (tertiary/aromatic N) is 1. The Morgan fingerprint density at radius 3 is 2.42 bits per heavy atom. The monoisotopic (exact) mass is 283 g/mol. The molecule has 0 aromatic heterocycles. The van der Waals surface area contributed by atoms with Crippen molar-refractivity contribution in [3.63, 3.8) is 0 Å². The molecule has 0 aliphatic carbocycles. The van der Waals surface area contributed by atoms with Gasteiger partial charge in [-0.25, -0.2) is 0 Å². The molecule has 0 spiro atoms. The summed E-state index contributed by atoms with van der Waals surface area (Å²) >= 11 is 2.26. The second-order valence-corrected chi connectivity index (χ2v) is 4.53. The van der Waals surface area contributed by atoms with Crippen molar-refractivity contribution in [2.45, 2.75) is 25.4 Å². The molecule has 1 aliphatic rings. The number of hydrogen-bond donors (Lipinski definition) is 2. The number of nitrogens with one attached hydrogen (secondary N) is 2. The molecule has 3 nitrogen and oxygen atoms in total. The third kappa shape index (κ3) is 2.31. The summed E-state index contributed by atoms with van der Waals surface area (Å²) in [5, 5.41) is 3.30. The number of hydrogen-bond acceptors (Lipinski definition) is 3. The van der Waals surface area contributed by atoms with E-state index < -0.39 is 0 Å². The van der Waals surface area contributed by atoms with Crippen LogP contribution < -0.4 is 8.85 Å². The fraction of sp³-hybridized carbons (Fsp3) is 1.00. The minimum absolute atomic E-state index is 0.319. The average molecular weight is 283 g/mol. The lowest BCUT2D eigenvalue weighted by molar-refractivity contribution is 0.154. The highest BCUT2D eigenvalue weighted by molar-refractivity contribution is 14.1. The van der Waals surface area contributed by atoms with Gasteiger partial charge in [-0.05, 0) is 20.9 Å². The molecule has 1 aliphatic heterocycles. The van der Waals surface area contributed by atoms with Gasteiger partial charge in [0.15, 0.2) is 0 Å². The fourth-order valence-corrected chi connectivity index (χ4v) is 1.85. The first-order valence-corrected chi connectivity index (χ1v) is 5.46. The van der Waals surface area contributed by atoms with Crippen molar-refractivity contribution in [1.29, 1.82) is 0 Å². The molecule has 0 bridgehead atoms. The van der Waals surface area contributed by atoms with E-state index in [0.717, 1.165) is 19.6 Å². The third-order valence-electron chi connectivity index (χ3n) is 2.56. The first kappa shape index (κ1) is 10.7. The van der Waals surface area contributed by atoms with E-state index in [2.05, 4.69) is 57.5 Å². The SMILES string of the molecule is CC(C)N(C)CC1(NI)CNC1. The van der Waals surface area contributed by atoms with Crippen LogP contribution in [0.15, 0.2) is 0 Å². The zero-order valence-corrected chi connectivity index (χ0v) is 10.2. The van der Waals surface area contributed by atoms with Gasteiger partial charge >= 0.3 is 0 Å². The van der Waals surface area contributed by atoms with Gasteiger partial charge < -0.3 is 10.2 Å². The van der Waals surface area contributed by atoms with E-state index >= 15 is 0 Å². The van der Waals surface area contributed by atoms with Gasteiger partial charge in [0.25, 0.3) is 0 Å². The van der Waals surface area contributed by atoms with Crippen LogP contribution in [0.3, 0.4) is 0 Å². The van der Waals surface area contributed by atoms with E-state index in [-0.39, 0.29) is 0 Å². The average Bonchev–Trinajstić information content (AvgIpc) is 1.96. The van der Waals surface area contributed by atoms with Crippen LogP contribution in [0.4, 0.5) is 0 Å². The summed E-state index contributed by atoms with van der Waals surface area (Å²) in [6, 6.07) is 0.632. The number of rotatable bonds is 4. The molecule has 0 radical (unpaired) electrons. The van der Waals surface area contributed by atoms with E-state index in [4.69, 9.17) is 0 Å². The van der Waals surface area contributed by atoms with Crippen molar-refractivity contribution in [3.05, 3.63) is 0 Å². The Morgan fingerprint density at radius 1 is 1.58 bits per heavy atom. The second-order valence-electron chi connectivity index (χ2n) is 3.99. The van der Waals surface area contributed by atoms with E-state index in [1.165, 1.54) is 0 Å². The Hall–Kier alpha value is 0.610. The van der Waals surface area contributed by atoms with Crippen LogP contribution in [0, 0.1) is 0 Å². The highest BCUT2D eigenvalue weighted by Crippen LogP contribution is 2.15. The van der Waals surface area contributed by atoms with Gasteiger partial charge in [0.05, 0.1) is 5.54 Å². The van der Waals surface area contributed by atoms with Crippen LogP contribution >= 0.6 is 22.9 Å². The van der Waals surface area contributed by atoms with E-state index in [0.29, 0.717) is 11.6 Å². The molecule has 1 heterocycles. The normalized spacial score (nSPS) is 21.5. The lowest BCUT2D eigenvalue weighted by Crippen LogP contribution is -2.69. The summed E-state index contributed by atoms with van der Waals surface area (Å²) in [7, 11) is 2.18. The predicted molar refractivity (Wildman–Crippen MR) is 60.5 cm³/mol. The standard InChI is InChI=1S/C8H18IN3/c1-7(2)12(3)6-8(11-9)4-10-5-8/h7,10-11H,4-6H2,1-3H3. The maximum atomic E-state index is 3.37. The molecule has 1 fully saturated rings. The lowest BCUT2D eigenvalue weighted by atomic mass is 9.93. The van der Waals surface area contributed by atoms with Crippen LogP contribution in [0.5, 0.6) is 0 Å². The topological polar surface area (TPSA) is 27.3 Å². The predicted octanol–water partition coefficient (Wildman–Crippen LogP) is 0.608. The maximum Gasteiger partial charge on any atom is 0.0649 e. The van der Waals surface area contributed by atoms with Gasteiger partial charge in [-0.2, -0.15) is 0 Å². The molecule has 1 saturated heterocycles. The molecule has 0 atom stereocenters. The second kappa shape index (κ2) is 4.21. The van der Waals surface area contributed by atoms with Gasteiger partial charge in [-0.1, -0.05) is 0 Å². The van der Waals surface area contributed by atoms with Crippen molar-refractivity contribution < 1.29 is 0 Å². The molecular formula is C8H18IN3. The molecule has 4 heteroatoms.